The summed E-state index contributed by atoms with van der Waals surface area (Å²) in [4.78, 5) is 2.20. The van der Waals surface area contributed by atoms with Gasteiger partial charge in [-0.05, 0) is 25.9 Å². The van der Waals surface area contributed by atoms with Gasteiger partial charge in [0, 0.05) is 25.2 Å². The smallest absolute Gasteiger partial charge is 0.200 e. The molecule has 2 nitrogen and oxygen atoms in total. The van der Waals surface area contributed by atoms with E-state index < -0.39 is 34.6 Å². The van der Waals surface area contributed by atoms with Crippen molar-refractivity contribution in [1.29, 1.82) is 0 Å². The lowest BCUT2D eigenvalue weighted by Crippen LogP contribution is -2.35. The quantitative estimate of drug-likeness (QED) is 0.389. The average molecular weight is 308 g/mol. The lowest BCUT2D eigenvalue weighted by molar-refractivity contribution is 0.228. The first-order valence-electron chi connectivity index (χ1n) is 6.95. The van der Waals surface area contributed by atoms with Gasteiger partial charge >= 0.3 is 0 Å². The highest BCUT2D eigenvalue weighted by Crippen LogP contribution is 2.22. The van der Waals surface area contributed by atoms with Crippen molar-refractivity contribution in [2.45, 2.75) is 25.8 Å². The van der Waals surface area contributed by atoms with Crippen LogP contribution in [0.1, 0.15) is 24.8 Å². The molecule has 118 valence electrons. The number of halogens is 5. The van der Waals surface area contributed by atoms with E-state index in [0.29, 0.717) is 13.1 Å². The topological polar surface area (TPSA) is 15.3 Å². The Hall–Kier alpha value is -1.21. The van der Waals surface area contributed by atoms with E-state index in [4.69, 9.17) is 0 Å². The number of likely N-dealkylation sites (tertiary alicyclic amines) is 1. The number of rotatable bonds is 5. The number of benzene rings is 1. The van der Waals surface area contributed by atoms with Crippen LogP contribution in [0.25, 0.3) is 0 Å². The van der Waals surface area contributed by atoms with Gasteiger partial charge < -0.3 is 10.2 Å². The van der Waals surface area contributed by atoms with E-state index in [1.165, 1.54) is 6.42 Å². The third kappa shape index (κ3) is 3.71. The lowest BCUT2D eigenvalue weighted by Gasteiger charge is -2.26. The summed E-state index contributed by atoms with van der Waals surface area (Å²) in [5, 5.41) is 2.73. The molecule has 1 aromatic rings. The van der Waals surface area contributed by atoms with E-state index in [0.717, 1.165) is 25.9 Å². The molecule has 7 heteroatoms. The fraction of sp³-hybridized carbons (Fsp3) is 0.571. The fourth-order valence-electron chi connectivity index (χ4n) is 2.44. The fourth-order valence-corrected chi connectivity index (χ4v) is 2.44. The standard InChI is InChI=1S/C14H17F5N2/c15-10-9(11(16)13(18)14(19)12(10)17)8-20-4-7-21-5-2-1-3-6-21/h20H,1-8H2. The van der Waals surface area contributed by atoms with Crippen LogP contribution in [0.4, 0.5) is 22.0 Å². The first-order valence-corrected chi connectivity index (χ1v) is 6.95. The maximum atomic E-state index is 13.4. The monoisotopic (exact) mass is 308 g/mol. The van der Waals surface area contributed by atoms with E-state index in [9.17, 15) is 22.0 Å². The molecule has 0 amide bonds. The van der Waals surface area contributed by atoms with Crippen LogP contribution in [0.15, 0.2) is 0 Å². The molecule has 0 aliphatic carbocycles. The maximum absolute atomic E-state index is 13.4. The predicted octanol–water partition coefficient (Wildman–Crippen LogP) is 2.96. The first kappa shape index (κ1) is 16.2. The zero-order valence-electron chi connectivity index (χ0n) is 11.5. The zero-order chi connectivity index (χ0) is 15.4. The van der Waals surface area contributed by atoms with Crippen LogP contribution in [-0.2, 0) is 6.54 Å². The van der Waals surface area contributed by atoms with Crippen LogP contribution in [0.3, 0.4) is 0 Å². The summed E-state index contributed by atoms with van der Waals surface area (Å²) in [6, 6.07) is 0. The highest BCUT2D eigenvalue weighted by atomic mass is 19.2. The summed E-state index contributed by atoms with van der Waals surface area (Å²) < 4.78 is 65.7. The molecule has 1 fully saturated rings. The Balaban J connectivity index is 1.91. The third-order valence-corrected chi connectivity index (χ3v) is 3.66. The van der Waals surface area contributed by atoms with E-state index in [2.05, 4.69) is 10.2 Å². The molecule has 0 bridgehead atoms. The van der Waals surface area contributed by atoms with E-state index in [1.807, 2.05) is 0 Å². The predicted molar refractivity (Wildman–Crippen MR) is 68.2 cm³/mol. The van der Waals surface area contributed by atoms with Crippen molar-refractivity contribution in [3.05, 3.63) is 34.6 Å². The Bertz CT molecular complexity index is 472. The molecule has 1 saturated heterocycles. The molecule has 0 aromatic heterocycles. The summed E-state index contributed by atoms with van der Waals surface area (Å²) in [7, 11) is 0. The Morgan fingerprint density at radius 3 is 1.86 bits per heavy atom. The molecule has 1 aliphatic rings. The molecule has 1 aromatic carbocycles. The second-order valence-electron chi connectivity index (χ2n) is 5.13. The number of nitrogens with zero attached hydrogens (tertiary/aromatic N) is 1. The second kappa shape index (κ2) is 7.17. The van der Waals surface area contributed by atoms with Gasteiger partial charge in [0.1, 0.15) is 0 Å². The highest BCUT2D eigenvalue weighted by Gasteiger charge is 2.25. The molecular weight excluding hydrogens is 291 g/mol. The third-order valence-electron chi connectivity index (χ3n) is 3.66. The van der Waals surface area contributed by atoms with Crippen molar-refractivity contribution in [3.63, 3.8) is 0 Å². The summed E-state index contributed by atoms with van der Waals surface area (Å²) in [6.45, 7) is 2.68. The molecule has 2 rings (SSSR count). The Morgan fingerprint density at radius 2 is 1.29 bits per heavy atom. The van der Waals surface area contributed by atoms with Crippen molar-refractivity contribution >= 4 is 0 Å². The first-order chi connectivity index (χ1) is 10.0. The Morgan fingerprint density at radius 1 is 0.762 bits per heavy atom. The van der Waals surface area contributed by atoms with Gasteiger partial charge in [-0.2, -0.15) is 0 Å². The van der Waals surface area contributed by atoms with E-state index >= 15 is 0 Å². The van der Waals surface area contributed by atoms with Crippen molar-refractivity contribution in [2.75, 3.05) is 26.2 Å². The summed E-state index contributed by atoms with van der Waals surface area (Å²) in [6.07, 6.45) is 3.45. The summed E-state index contributed by atoms with van der Waals surface area (Å²) >= 11 is 0. The van der Waals surface area contributed by atoms with Crippen molar-refractivity contribution in [1.82, 2.24) is 10.2 Å². The van der Waals surface area contributed by atoms with Gasteiger partial charge in [-0.15, -0.1) is 0 Å². The second-order valence-corrected chi connectivity index (χ2v) is 5.13. The lowest BCUT2D eigenvalue weighted by atomic mass is 10.1. The van der Waals surface area contributed by atoms with Crippen LogP contribution < -0.4 is 5.32 Å². The van der Waals surface area contributed by atoms with Gasteiger partial charge in [0.2, 0.25) is 5.82 Å². The molecule has 0 radical (unpaired) electrons. The molecule has 0 unspecified atom stereocenters. The van der Waals surface area contributed by atoms with Gasteiger partial charge in [-0.1, -0.05) is 6.42 Å². The van der Waals surface area contributed by atoms with Crippen LogP contribution >= 0.6 is 0 Å². The van der Waals surface area contributed by atoms with E-state index in [-0.39, 0.29) is 6.54 Å². The van der Waals surface area contributed by atoms with Crippen LogP contribution in [0, 0.1) is 29.1 Å². The van der Waals surface area contributed by atoms with Crippen molar-refractivity contribution < 1.29 is 22.0 Å². The van der Waals surface area contributed by atoms with Crippen molar-refractivity contribution in [3.8, 4) is 0 Å². The van der Waals surface area contributed by atoms with Gasteiger partial charge in [0.15, 0.2) is 23.3 Å². The molecule has 1 N–H and O–H groups in total. The number of piperidine rings is 1. The van der Waals surface area contributed by atoms with Crippen LogP contribution in [-0.4, -0.2) is 31.1 Å². The average Bonchev–Trinajstić information content (AvgIpc) is 2.51. The van der Waals surface area contributed by atoms with Gasteiger partial charge in [0.25, 0.3) is 0 Å². The Labute approximate surface area is 119 Å². The largest absolute Gasteiger partial charge is 0.311 e. The molecule has 0 atom stereocenters. The normalized spacial score (nSPS) is 16.4. The minimum atomic E-state index is -2.12. The maximum Gasteiger partial charge on any atom is 0.200 e. The zero-order valence-corrected chi connectivity index (χ0v) is 11.5. The molecule has 0 spiro atoms. The molecule has 1 heterocycles. The number of hydrogen-bond donors (Lipinski definition) is 1. The molecule has 1 aliphatic heterocycles. The SMILES string of the molecule is Fc1c(F)c(F)c(CNCCN2CCCCC2)c(F)c1F. The van der Waals surface area contributed by atoms with Crippen LogP contribution in [0.2, 0.25) is 0 Å². The van der Waals surface area contributed by atoms with E-state index in [1.54, 1.807) is 0 Å². The minimum absolute atomic E-state index is 0.389. The summed E-state index contributed by atoms with van der Waals surface area (Å²) in [5.74, 6) is -9.46. The van der Waals surface area contributed by atoms with Gasteiger partial charge in [-0.3, -0.25) is 0 Å². The van der Waals surface area contributed by atoms with Gasteiger partial charge in [0.05, 0.1) is 0 Å². The molecule has 21 heavy (non-hydrogen) atoms. The Kier molecular flexibility index (Phi) is 5.52. The van der Waals surface area contributed by atoms with Crippen LogP contribution in [0.5, 0.6) is 0 Å². The minimum Gasteiger partial charge on any atom is -0.311 e. The highest BCUT2D eigenvalue weighted by molar-refractivity contribution is 5.23. The molecular formula is C14H17F5N2. The molecule has 0 saturated carbocycles. The number of hydrogen-bond acceptors (Lipinski definition) is 2. The van der Waals surface area contributed by atoms with Gasteiger partial charge in [-0.25, -0.2) is 22.0 Å². The van der Waals surface area contributed by atoms with Crippen molar-refractivity contribution in [2.24, 2.45) is 0 Å². The number of nitrogens with one attached hydrogen (secondary N) is 1. The summed E-state index contributed by atoms with van der Waals surface area (Å²) in [5.41, 5.74) is -0.815.